The molecule has 24 heavy (non-hydrogen) atoms. The van der Waals surface area contributed by atoms with Crippen LogP contribution in [0.25, 0.3) is 10.9 Å². The lowest BCUT2D eigenvalue weighted by Gasteiger charge is -2.09. The summed E-state index contributed by atoms with van der Waals surface area (Å²) in [5.74, 6) is -0.421. The van der Waals surface area contributed by atoms with Gasteiger partial charge in [0.15, 0.2) is 0 Å². The summed E-state index contributed by atoms with van der Waals surface area (Å²) >= 11 is 0. The molecule has 0 saturated carbocycles. The molecule has 0 fully saturated rings. The van der Waals surface area contributed by atoms with E-state index in [2.05, 4.69) is 16.4 Å². The first kappa shape index (κ1) is 16.1. The van der Waals surface area contributed by atoms with Crippen LogP contribution in [0.15, 0.2) is 48.7 Å². The van der Waals surface area contributed by atoms with Gasteiger partial charge in [0.25, 0.3) is 5.91 Å². The maximum atomic E-state index is 13.3. The van der Waals surface area contributed by atoms with E-state index in [-0.39, 0.29) is 11.5 Å². The number of H-pyrrole nitrogens is 1. The zero-order valence-electron chi connectivity index (χ0n) is 13.4. The van der Waals surface area contributed by atoms with Crippen molar-refractivity contribution in [1.29, 1.82) is 0 Å². The van der Waals surface area contributed by atoms with Gasteiger partial charge in [0.05, 0.1) is 12.7 Å². The number of rotatable bonds is 6. The summed E-state index contributed by atoms with van der Waals surface area (Å²) in [5.41, 5.74) is 2.55. The standard InChI is InChI=1S/C19H19FN2O2/c1-24-18-9-8-14(20)11-16(18)19(23)21-10-4-5-13-12-22-17-7-3-2-6-15(13)17/h2-3,6-9,11-12,22H,4-5,10H2,1H3,(H,21,23). The number of hydrogen-bond donors (Lipinski definition) is 2. The number of aromatic nitrogens is 1. The molecule has 3 rings (SSSR count). The molecule has 3 aromatic rings. The van der Waals surface area contributed by atoms with Crippen molar-refractivity contribution in [2.45, 2.75) is 12.8 Å². The zero-order chi connectivity index (χ0) is 16.9. The third-order valence-corrected chi connectivity index (χ3v) is 3.99. The Morgan fingerprint density at radius 3 is 2.92 bits per heavy atom. The number of amides is 1. The molecule has 4 nitrogen and oxygen atoms in total. The molecule has 0 aliphatic heterocycles. The second-order valence-electron chi connectivity index (χ2n) is 5.56. The normalized spacial score (nSPS) is 10.8. The van der Waals surface area contributed by atoms with Crippen LogP contribution >= 0.6 is 0 Å². The SMILES string of the molecule is COc1ccc(F)cc1C(=O)NCCCc1c[nH]c2ccccc12. The number of hydrogen-bond acceptors (Lipinski definition) is 2. The number of fused-ring (bicyclic) bond motifs is 1. The van der Waals surface area contributed by atoms with E-state index in [0.717, 1.165) is 18.4 Å². The number of ether oxygens (including phenoxy) is 1. The highest BCUT2D eigenvalue weighted by Crippen LogP contribution is 2.20. The van der Waals surface area contributed by atoms with Crippen LogP contribution in [0.3, 0.4) is 0 Å². The number of aryl methyl sites for hydroxylation is 1. The Morgan fingerprint density at radius 1 is 1.25 bits per heavy atom. The van der Waals surface area contributed by atoms with Crippen LogP contribution < -0.4 is 10.1 Å². The number of carbonyl (C=O) groups is 1. The minimum atomic E-state index is -0.459. The topological polar surface area (TPSA) is 54.1 Å². The van der Waals surface area contributed by atoms with Crippen molar-refractivity contribution in [3.05, 3.63) is 65.6 Å². The van der Waals surface area contributed by atoms with Crippen molar-refractivity contribution in [2.24, 2.45) is 0 Å². The molecule has 0 aliphatic carbocycles. The van der Waals surface area contributed by atoms with Crippen molar-refractivity contribution in [1.82, 2.24) is 10.3 Å². The fraction of sp³-hybridized carbons (Fsp3) is 0.211. The van der Waals surface area contributed by atoms with Crippen LogP contribution in [0, 0.1) is 5.82 Å². The van der Waals surface area contributed by atoms with E-state index in [1.54, 1.807) is 0 Å². The van der Waals surface area contributed by atoms with Crippen LogP contribution in [0.2, 0.25) is 0 Å². The third-order valence-electron chi connectivity index (χ3n) is 3.99. The summed E-state index contributed by atoms with van der Waals surface area (Å²) in [5, 5.41) is 4.02. The van der Waals surface area contributed by atoms with Crippen molar-refractivity contribution in [3.63, 3.8) is 0 Å². The smallest absolute Gasteiger partial charge is 0.255 e. The number of aromatic amines is 1. The molecular formula is C19H19FN2O2. The van der Waals surface area contributed by atoms with Gasteiger partial charge < -0.3 is 15.0 Å². The molecule has 0 spiro atoms. The van der Waals surface area contributed by atoms with E-state index < -0.39 is 5.82 Å². The minimum Gasteiger partial charge on any atom is -0.496 e. The predicted octanol–water partition coefficient (Wildman–Crippen LogP) is 3.68. The second kappa shape index (κ2) is 7.17. The molecule has 2 aromatic carbocycles. The van der Waals surface area contributed by atoms with Crippen molar-refractivity contribution >= 4 is 16.8 Å². The molecule has 0 saturated heterocycles. The van der Waals surface area contributed by atoms with Gasteiger partial charge in [0.2, 0.25) is 0 Å². The van der Waals surface area contributed by atoms with E-state index in [1.807, 2.05) is 24.4 Å². The first-order valence-corrected chi connectivity index (χ1v) is 7.86. The van der Waals surface area contributed by atoms with E-state index in [1.165, 1.54) is 36.3 Å². The Kier molecular flexibility index (Phi) is 4.79. The maximum Gasteiger partial charge on any atom is 0.255 e. The quantitative estimate of drug-likeness (QED) is 0.679. The molecule has 1 aromatic heterocycles. The zero-order valence-corrected chi connectivity index (χ0v) is 13.4. The first-order chi connectivity index (χ1) is 11.7. The summed E-state index contributed by atoms with van der Waals surface area (Å²) in [6.45, 7) is 0.512. The predicted molar refractivity (Wildman–Crippen MR) is 91.9 cm³/mol. The molecule has 0 aliphatic rings. The molecule has 0 atom stereocenters. The van der Waals surface area contributed by atoms with Gasteiger partial charge in [-0.15, -0.1) is 0 Å². The van der Waals surface area contributed by atoms with Gasteiger partial charge in [0, 0.05) is 23.6 Å². The lowest BCUT2D eigenvalue weighted by molar-refractivity contribution is 0.0949. The average molecular weight is 326 g/mol. The number of para-hydroxylation sites is 1. The van der Waals surface area contributed by atoms with Crippen molar-refractivity contribution in [3.8, 4) is 5.75 Å². The monoisotopic (exact) mass is 326 g/mol. The van der Waals surface area contributed by atoms with Gasteiger partial charge in [-0.3, -0.25) is 4.79 Å². The number of halogens is 1. The first-order valence-electron chi connectivity index (χ1n) is 7.86. The molecular weight excluding hydrogens is 307 g/mol. The van der Waals surface area contributed by atoms with Gasteiger partial charge in [0.1, 0.15) is 11.6 Å². The van der Waals surface area contributed by atoms with E-state index >= 15 is 0 Å². The number of benzene rings is 2. The highest BCUT2D eigenvalue weighted by molar-refractivity contribution is 5.96. The van der Waals surface area contributed by atoms with Crippen LogP contribution in [-0.4, -0.2) is 24.5 Å². The Labute approximate surface area is 139 Å². The molecule has 1 amide bonds. The largest absolute Gasteiger partial charge is 0.496 e. The number of methoxy groups -OCH3 is 1. The van der Waals surface area contributed by atoms with Gasteiger partial charge in [-0.25, -0.2) is 4.39 Å². The second-order valence-corrected chi connectivity index (χ2v) is 5.56. The lowest BCUT2D eigenvalue weighted by Crippen LogP contribution is -2.25. The fourth-order valence-electron chi connectivity index (χ4n) is 2.77. The molecule has 0 bridgehead atoms. The van der Waals surface area contributed by atoms with E-state index in [4.69, 9.17) is 4.74 Å². The molecule has 2 N–H and O–H groups in total. The van der Waals surface area contributed by atoms with Gasteiger partial charge in [-0.05, 0) is 42.7 Å². The summed E-state index contributed by atoms with van der Waals surface area (Å²) in [4.78, 5) is 15.4. The van der Waals surface area contributed by atoms with E-state index in [9.17, 15) is 9.18 Å². The highest BCUT2D eigenvalue weighted by Gasteiger charge is 2.13. The van der Waals surface area contributed by atoms with Crippen LogP contribution in [0.4, 0.5) is 4.39 Å². The fourth-order valence-corrected chi connectivity index (χ4v) is 2.77. The van der Waals surface area contributed by atoms with Crippen LogP contribution in [0.5, 0.6) is 5.75 Å². The van der Waals surface area contributed by atoms with Crippen LogP contribution in [-0.2, 0) is 6.42 Å². The van der Waals surface area contributed by atoms with E-state index in [0.29, 0.717) is 12.3 Å². The number of nitrogens with one attached hydrogen (secondary N) is 2. The number of carbonyl (C=O) groups excluding carboxylic acids is 1. The third kappa shape index (κ3) is 3.40. The molecule has 124 valence electrons. The summed E-state index contributed by atoms with van der Waals surface area (Å²) < 4.78 is 18.4. The molecule has 1 heterocycles. The molecule has 0 unspecified atom stereocenters. The average Bonchev–Trinajstić information content (AvgIpc) is 3.01. The summed E-state index contributed by atoms with van der Waals surface area (Å²) in [7, 11) is 1.46. The summed E-state index contributed by atoms with van der Waals surface area (Å²) in [6.07, 6.45) is 3.65. The van der Waals surface area contributed by atoms with Crippen LogP contribution in [0.1, 0.15) is 22.3 Å². The molecule has 0 radical (unpaired) electrons. The van der Waals surface area contributed by atoms with Gasteiger partial charge in [-0.1, -0.05) is 18.2 Å². The summed E-state index contributed by atoms with van der Waals surface area (Å²) in [6, 6.07) is 12.0. The maximum absolute atomic E-state index is 13.3. The molecule has 5 heteroatoms. The van der Waals surface area contributed by atoms with Gasteiger partial charge in [-0.2, -0.15) is 0 Å². The Hall–Kier alpha value is -2.82. The minimum absolute atomic E-state index is 0.213. The van der Waals surface area contributed by atoms with Gasteiger partial charge >= 0.3 is 0 Å². The Bertz CT molecular complexity index is 857. The van der Waals surface area contributed by atoms with Crippen molar-refractivity contribution in [2.75, 3.05) is 13.7 Å². The lowest BCUT2D eigenvalue weighted by atomic mass is 10.1. The highest BCUT2D eigenvalue weighted by atomic mass is 19.1. The Balaban J connectivity index is 1.57. The van der Waals surface area contributed by atoms with Crippen molar-refractivity contribution < 1.29 is 13.9 Å². The Morgan fingerprint density at radius 2 is 2.08 bits per heavy atom.